The number of carbonyl (C=O) groups is 2. The first kappa shape index (κ1) is 20.1. The second kappa shape index (κ2) is 8.77. The minimum atomic E-state index is -4.43. The first-order valence-corrected chi connectivity index (χ1v) is 7.68. The quantitative estimate of drug-likeness (QED) is 0.536. The van der Waals surface area contributed by atoms with E-state index < -0.39 is 29.2 Å². The van der Waals surface area contributed by atoms with Gasteiger partial charge in [-0.25, -0.2) is 4.79 Å². The van der Waals surface area contributed by atoms with Crippen LogP contribution in [0.25, 0.3) is 0 Å². The van der Waals surface area contributed by atoms with Gasteiger partial charge in [0, 0.05) is 13.1 Å². The van der Waals surface area contributed by atoms with E-state index in [1.54, 1.807) is 6.92 Å². The zero-order chi connectivity index (χ0) is 18.3. The van der Waals surface area contributed by atoms with Crippen molar-refractivity contribution >= 4 is 23.5 Å². The van der Waals surface area contributed by atoms with Crippen LogP contribution in [0.15, 0.2) is 24.3 Å². The molecule has 0 bridgehead atoms. The number of halogens is 4. The molecule has 0 saturated heterocycles. The molecule has 9 heteroatoms. The zero-order valence-electron chi connectivity index (χ0n) is 13.2. The SMILES string of the molecule is C[C@H](Cl)C(=O)NCCNC(=O)N[C@@H](C)c1cccc(C(F)(F)F)c1. The van der Waals surface area contributed by atoms with Crippen LogP contribution in [0, 0.1) is 0 Å². The lowest BCUT2D eigenvalue weighted by atomic mass is 10.1. The summed E-state index contributed by atoms with van der Waals surface area (Å²) in [6, 6.07) is 3.60. The number of hydrogen-bond donors (Lipinski definition) is 3. The van der Waals surface area contributed by atoms with Gasteiger partial charge in [-0.15, -0.1) is 11.6 Å². The summed E-state index contributed by atoms with van der Waals surface area (Å²) in [4.78, 5) is 22.9. The lowest BCUT2D eigenvalue weighted by Gasteiger charge is -2.17. The van der Waals surface area contributed by atoms with Crippen LogP contribution in [0.2, 0.25) is 0 Å². The van der Waals surface area contributed by atoms with Crippen molar-refractivity contribution in [1.82, 2.24) is 16.0 Å². The minimum absolute atomic E-state index is 0.163. The van der Waals surface area contributed by atoms with E-state index in [9.17, 15) is 22.8 Å². The fourth-order valence-corrected chi connectivity index (χ4v) is 1.89. The predicted octanol–water partition coefficient (Wildman–Crippen LogP) is 2.81. The topological polar surface area (TPSA) is 70.2 Å². The Morgan fingerprint density at radius 2 is 1.79 bits per heavy atom. The third kappa shape index (κ3) is 6.66. The number of rotatable bonds is 6. The Bertz CT molecular complexity index is 579. The van der Waals surface area contributed by atoms with Gasteiger partial charge in [-0.05, 0) is 31.5 Å². The molecule has 0 spiro atoms. The first-order valence-electron chi connectivity index (χ1n) is 7.24. The van der Waals surface area contributed by atoms with Crippen LogP contribution in [0.4, 0.5) is 18.0 Å². The van der Waals surface area contributed by atoms with Crippen LogP contribution in [0.5, 0.6) is 0 Å². The number of benzene rings is 1. The van der Waals surface area contributed by atoms with Crippen molar-refractivity contribution in [3.8, 4) is 0 Å². The van der Waals surface area contributed by atoms with Crippen molar-refractivity contribution in [2.75, 3.05) is 13.1 Å². The summed E-state index contributed by atoms with van der Waals surface area (Å²) in [6.07, 6.45) is -4.43. The number of hydrogen-bond acceptors (Lipinski definition) is 2. The number of amides is 3. The van der Waals surface area contributed by atoms with Gasteiger partial charge < -0.3 is 16.0 Å². The van der Waals surface area contributed by atoms with Crippen molar-refractivity contribution < 1.29 is 22.8 Å². The van der Waals surface area contributed by atoms with E-state index in [4.69, 9.17) is 11.6 Å². The Kier molecular flexibility index (Phi) is 7.34. The van der Waals surface area contributed by atoms with Crippen LogP contribution < -0.4 is 16.0 Å². The zero-order valence-corrected chi connectivity index (χ0v) is 14.0. The van der Waals surface area contributed by atoms with Crippen LogP contribution in [-0.2, 0) is 11.0 Å². The fraction of sp³-hybridized carbons (Fsp3) is 0.467. The van der Waals surface area contributed by atoms with E-state index in [0.29, 0.717) is 5.56 Å². The number of nitrogens with one attached hydrogen (secondary N) is 3. The van der Waals surface area contributed by atoms with Gasteiger partial charge in [0.05, 0.1) is 11.6 Å². The molecule has 3 N–H and O–H groups in total. The molecular formula is C15H19ClF3N3O2. The molecule has 24 heavy (non-hydrogen) atoms. The second-order valence-corrected chi connectivity index (χ2v) is 5.81. The predicted molar refractivity (Wildman–Crippen MR) is 84.7 cm³/mol. The van der Waals surface area contributed by atoms with Crippen molar-refractivity contribution in [1.29, 1.82) is 0 Å². The Labute approximate surface area is 142 Å². The molecule has 134 valence electrons. The molecule has 0 aliphatic rings. The minimum Gasteiger partial charge on any atom is -0.353 e. The molecule has 0 aromatic heterocycles. The van der Waals surface area contributed by atoms with Gasteiger partial charge in [0.1, 0.15) is 5.38 Å². The fourth-order valence-electron chi connectivity index (χ4n) is 1.82. The highest BCUT2D eigenvalue weighted by Crippen LogP contribution is 2.30. The van der Waals surface area contributed by atoms with E-state index in [2.05, 4.69) is 16.0 Å². The maximum Gasteiger partial charge on any atom is 0.416 e. The largest absolute Gasteiger partial charge is 0.416 e. The van der Waals surface area contributed by atoms with Gasteiger partial charge in [-0.3, -0.25) is 4.79 Å². The van der Waals surface area contributed by atoms with Crippen LogP contribution in [0.1, 0.15) is 31.0 Å². The Morgan fingerprint density at radius 1 is 1.17 bits per heavy atom. The van der Waals surface area contributed by atoms with E-state index in [0.717, 1.165) is 12.1 Å². The molecule has 1 rings (SSSR count). The smallest absolute Gasteiger partial charge is 0.353 e. The average molecular weight is 366 g/mol. The summed E-state index contributed by atoms with van der Waals surface area (Å²) in [6.45, 7) is 3.46. The highest BCUT2D eigenvalue weighted by Gasteiger charge is 2.30. The molecule has 0 aliphatic carbocycles. The Balaban J connectivity index is 2.46. The van der Waals surface area contributed by atoms with Crippen molar-refractivity contribution in [3.63, 3.8) is 0 Å². The van der Waals surface area contributed by atoms with E-state index in [1.165, 1.54) is 19.1 Å². The van der Waals surface area contributed by atoms with Gasteiger partial charge in [0.25, 0.3) is 0 Å². The standard InChI is InChI=1S/C15H19ClF3N3O2/c1-9(16)13(23)20-6-7-21-14(24)22-10(2)11-4-3-5-12(8-11)15(17,18)19/h3-5,8-10H,6-7H2,1-2H3,(H,20,23)(H2,21,22,24)/t9-,10-/m0/s1. The molecule has 0 heterocycles. The summed E-state index contributed by atoms with van der Waals surface area (Å²) in [5.41, 5.74) is -0.434. The molecule has 3 amide bonds. The van der Waals surface area contributed by atoms with Gasteiger partial charge >= 0.3 is 12.2 Å². The molecule has 2 atom stereocenters. The van der Waals surface area contributed by atoms with E-state index >= 15 is 0 Å². The van der Waals surface area contributed by atoms with E-state index in [-0.39, 0.29) is 19.0 Å². The van der Waals surface area contributed by atoms with Crippen LogP contribution >= 0.6 is 11.6 Å². The molecule has 5 nitrogen and oxygen atoms in total. The van der Waals surface area contributed by atoms with Gasteiger partial charge in [-0.2, -0.15) is 13.2 Å². The van der Waals surface area contributed by atoms with Crippen LogP contribution in [-0.4, -0.2) is 30.4 Å². The third-order valence-electron chi connectivity index (χ3n) is 3.13. The average Bonchev–Trinajstić information content (AvgIpc) is 2.50. The molecule has 0 fully saturated rings. The van der Waals surface area contributed by atoms with Crippen molar-refractivity contribution in [2.45, 2.75) is 31.4 Å². The molecule has 0 radical (unpaired) electrons. The lowest BCUT2D eigenvalue weighted by Crippen LogP contribution is -2.42. The Morgan fingerprint density at radius 3 is 2.38 bits per heavy atom. The molecule has 1 aromatic rings. The normalized spacial score (nSPS) is 13.8. The summed E-state index contributed by atoms with van der Waals surface area (Å²) >= 11 is 5.56. The molecule has 0 unspecified atom stereocenters. The van der Waals surface area contributed by atoms with Gasteiger partial charge in [0.15, 0.2) is 0 Å². The summed E-state index contributed by atoms with van der Waals surface area (Å²) in [7, 11) is 0. The number of carbonyl (C=O) groups excluding carboxylic acids is 2. The lowest BCUT2D eigenvalue weighted by molar-refractivity contribution is -0.137. The Hall–Kier alpha value is -1.96. The van der Waals surface area contributed by atoms with Crippen molar-refractivity contribution in [3.05, 3.63) is 35.4 Å². The molecular weight excluding hydrogens is 347 g/mol. The first-order chi connectivity index (χ1) is 11.1. The van der Waals surface area contributed by atoms with Crippen molar-refractivity contribution in [2.24, 2.45) is 0 Å². The number of alkyl halides is 4. The highest BCUT2D eigenvalue weighted by molar-refractivity contribution is 6.30. The maximum absolute atomic E-state index is 12.7. The monoisotopic (exact) mass is 365 g/mol. The summed E-state index contributed by atoms with van der Waals surface area (Å²) in [5.74, 6) is -0.351. The third-order valence-corrected chi connectivity index (χ3v) is 3.33. The van der Waals surface area contributed by atoms with E-state index in [1.807, 2.05) is 0 Å². The van der Waals surface area contributed by atoms with Gasteiger partial charge in [-0.1, -0.05) is 12.1 Å². The second-order valence-electron chi connectivity index (χ2n) is 5.15. The van der Waals surface area contributed by atoms with Crippen LogP contribution in [0.3, 0.4) is 0 Å². The molecule has 0 aliphatic heterocycles. The summed E-state index contributed by atoms with van der Waals surface area (Å²) < 4.78 is 38.0. The van der Waals surface area contributed by atoms with Gasteiger partial charge in [0.2, 0.25) is 5.91 Å². The highest BCUT2D eigenvalue weighted by atomic mass is 35.5. The summed E-state index contributed by atoms with van der Waals surface area (Å²) in [5, 5.41) is 6.86. The maximum atomic E-state index is 12.7. The number of urea groups is 1. The molecule has 0 saturated carbocycles. The molecule has 1 aromatic carbocycles.